The van der Waals surface area contributed by atoms with Crippen LogP contribution in [0.4, 0.5) is 0 Å². The summed E-state index contributed by atoms with van der Waals surface area (Å²) in [6.45, 7) is 0.987. The van der Waals surface area contributed by atoms with Crippen molar-refractivity contribution in [2.24, 2.45) is 0 Å². The van der Waals surface area contributed by atoms with Crippen LogP contribution >= 0.6 is 0 Å². The second-order valence-corrected chi connectivity index (χ2v) is 3.31. The lowest BCUT2D eigenvalue weighted by Gasteiger charge is -2.17. The Morgan fingerprint density at radius 1 is 1.25 bits per heavy atom. The normalized spacial score (nSPS) is 24.1. The lowest BCUT2D eigenvalue weighted by molar-refractivity contribution is 0.108. The number of hydrogen-bond donors (Lipinski definition) is 4. The van der Waals surface area contributed by atoms with Gasteiger partial charge in [-0.3, -0.25) is 14.4 Å². The van der Waals surface area contributed by atoms with E-state index in [4.69, 9.17) is 22.6 Å². The lowest BCUT2D eigenvalue weighted by atomic mass is 10.1. The molecule has 1 heterocycles. The fourth-order valence-electron chi connectivity index (χ4n) is 0.833. The summed E-state index contributed by atoms with van der Waals surface area (Å²) in [6, 6.07) is 0. The lowest BCUT2D eigenvalue weighted by Crippen LogP contribution is -2.33. The molecule has 0 bridgehead atoms. The molecule has 74 valence electrons. The highest BCUT2D eigenvalue weighted by atomic mass is 32.3. The summed E-state index contributed by atoms with van der Waals surface area (Å²) in [4.78, 5) is 0. The fourth-order valence-corrected chi connectivity index (χ4v) is 0.833. The molecule has 0 aromatic heterocycles. The van der Waals surface area contributed by atoms with Gasteiger partial charge in [-0.15, -0.1) is 0 Å². The molecule has 1 saturated heterocycles. The topological polar surface area (TPSA) is 107 Å². The average molecular weight is 199 g/mol. The minimum Gasteiger partial charge on any atom is -0.379 e. The minimum absolute atomic E-state index is 0.214. The van der Waals surface area contributed by atoms with Crippen LogP contribution in [0.3, 0.4) is 0 Å². The van der Waals surface area contributed by atoms with Crippen molar-refractivity contribution in [2.45, 2.75) is 25.5 Å². The number of aliphatic hydroxyl groups excluding tert-OH is 1. The maximum absolute atomic E-state index is 8.80. The van der Waals surface area contributed by atoms with Gasteiger partial charge in [0, 0.05) is 0 Å². The second-order valence-electron chi connectivity index (χ2n) is 2.41. The molecule has 12 heavy (non-hydrogen) atoms. The molecule has 0 saturated carbocycles. The molecule has 0 amide bonds. The van der Waals surface area contributed by atoms with Crippen molar-refractivity contribution in [1.29, 1.82) is 0 Å². The Labute approximate surface area is 71.2 Å². The van der Waals surface area contributed by atoms with Crippen LogP contribution in [0, 0.1) is 0 Å². The van der Waals surface area contributed by atoms with Gasteiger partial charge in [0.05, 0.1) is 0 Å². The van der Waals surface area contributed by atoms with Crippen molar-refractivity contribution < 1.29 is 22.6 Å². The summed E-state index contributed by atoms with van der Waals surface area (Å²) in [6.07, 6.45) is 3.11. The van der Waals surface area contributed by atoms with Crippen LogP contribution in [0.1, 0.15) is 19.3 Å². The van der Waals surface area contributed by atoms with Gasteiger partial charge in [0.15, 0.2) is 0 Å². The van der Waals surface area contributed by atoms with Gasteiger partial charge in [0.25, 0.3) is 0 Å². The van der Waals surface area contributed by atoms with Crippen molar-refractivity contribution in [3.63, 3.8) is 0 Å². The third-order valence-corrected chi connectivity index (χ3v) is 1.28. The summed E-state index contributed by atoms with van der Waals surface area (Å²) in [5.41, 5.74) is 0. The monoisotopic (exact) mass is 199 g/mol. The van der Waals surface area contributed by atoms with Gasteiger partial charge >= 0.3 is 10.4 Å². The highest BCUT2D eigenvalue weighted by Crippen LogP contribution is 2.02. The van der Waals surface area contributed by atoms with Crippen molar-refractivity contribution in [1.82, 2.24) is 5.32 Å². The van der Waals surface area contributed by atoms with E-state index in [0.29, 0.717) is 0 Å². The molecule has 6 nitrogen and oxygen atoms in total. The molecular formula is C5H13NO5S. The first-order valence-electron chi connectivity index (χ1n) is 3.51. The molecule has 0 spiro atoms. The number of piperidine rings is 1. The zero-order chi connectivity index (χ0) is 9.61. The zero-order valence-corrected chi connectivity index (χ0v) is 7.29. The maximum Gasteiger partial charge on any atom is 0.394 e. The summed E-state index contributed by atoms with van der Waals surface area (Å²) in [5.74, 6) is 0. The van der Waals surface area contributed by atoms with Crippen LogP contribution in [0.2, 0.25) is 0 Å². The molecule has 1 rings (SSSR count). The van der Waals surface area contributed by atoms with E-state index in [1.54, 1.807) is 0 Å². The molecule has 4 N–H and O–H groups in total. The van der Waals surface area contributed by atoms with E-state index in [-0.39, 0.29) is 6.23 Å². The average Bonchev–Trinajstić information content (AvgIpc) is 1.85. The first-order chi connectivity index (χ1) is 5.39. The number of aliphatic hydroxyl groups is 1. The molecule has 0 aromatic rings. The SMILES string of the molecule is O=S(=O)(O)O.OC1CCCCN1. The van der Waals surface area contributed by atoms with E-state index < -0.39 is 10.4 Å². The van der Waals surface area contributed by atoms with E-state index in [1.807, 2.05) is 0 Å². The van der Waals surface area contributed by atoms with Gasteiger partial charge in [0.1, 0.15) is 6.23 Å². The van der Waals surface area contributed by atoms with E-state index in [0.717, 1.165) is 13.0 Å². The van der Waals surface area contributed by atoms with Gasteiger partial charge in [0.2, 0.25) is 0 Å². The molecule has 1 aliphatic rings. The molecule has 0 aromatic carbocycles. The highest BCUT2D eigenvalue weighted by Gasteiger charge is 2.06. The highest BCUT2D eigenvalue weighted by molar-refractivity contribution is 7.79. The zero-order valence-electron chi connectivity index (χ0n) is 6.47. The predicted octanol–water partition coefficient (Wildman–Crippen LogP) is -0.575. The number of rotatable bonds is 0. The van der Waals surface area contributed by atoms with E-state index in [1.165, 1.54) is 12.8 Å². The Kier molecular flexibility index (Phi) is 5.34. The Morgan fingerprint density at radius 2 is 1.75 bits per heavy atom. The van der Waals surface area contributed by atoms with Crippen LogP contribution < -0.4 is 5.32 Å². The summed E-state index contributed by atoms with van der Waals surface area (Å²) >= 11 is 0. The van der Waals surface area contributed by atoms with Gasteiger partial charge in [-0.05, 0) is 25.8 Å². The van der Waals surface area contributed by atoms with Gasteiger partial charge < -0.3 is 5.11 Å². The van der Waals surface area contributed by atoms with Crippen molar-refractivity contribution in [3.05, 3.63) is 0 Å². The maximum atomic E-state index is 8.80. The summed E-state index contributed by atoms with van der Waals surface area (Å²) in [7, 11) is -4.67. The van der Waals surface area contributed by atoms with Crippen molar-refractivity contribution in [2.75, 3.05) is 6.54 Å². The Bertz CT molecular complexity index is 188. The van der Waals surface area contributed by atoms with Crippen LogP contribution in [0.15, 0.2) is 0 Å². The number of hydrogen-bond acceptors (Lipinski definition) is 4. The molecule has 1 fully saturated rings. The first-order valence-corrected chi connectivity index (χ1v) is 4.90. The van der Waals surface area contributed by atoms with Gasteiger partial charge in [-0.25, -0.2) is 0 Å². The van der Waals surface area contributed by atoms with Crippen LogP contribution in [0.5, 0.6) is 0 Å². The summed E-state index contributed by atoms with van der Waals surface area (Å²) < 4.78 is 31.6. The molecule has 0 aliphatic carbocycles. The smallest absolute Gasteiger partial charge is 0.379 e. The summed E-state index contributed by atoms with van der Waals surface area (Å²) in [5, 5.41) is 11.7. The molecule has 1 aliphatic heterocycles. The third-order valence-electron chi connectivity index (χ3n) is 1.28. The molecule has 1 atom stereocenters. The quantitative estimate of drug-likeness (QED) is 0.389. The third kappa shape index (κ3) is 12.5. The Hall–Kier alpha value is -0.210. The fraction of sp³-hybridized carbons (Fsp3) is 1.00. The van der Waals surface area contributed by atoms with Gasteiger partial charge in [-0.2, -0.15) is 8.42 Å². The first kappa shape index (κ1) is 11.8. The molecular weight excluding hydrogens is 186 g/mol. The van der Waals surface area contributed by atoms with E-state index in [2.05, 4.69) is 5.32 Å². The van der Waals surface area contributed by atoms with Crippen LogP contribution in [-0.2, 0) is 10.4 Å². The number of nitrogens with one attached hydrogen (secondary N) is 1. The largest absolute Gasteiger partial charge is 0.394 e. The molecule has 1 unspecified atom stereocenters. The van der Waals surface area contributed by atoms with Crippen LogP contribution in [-0.4, -0.2) is 35.4 Å². The molecule has 7 heteroatoms. The molecule has 0 radical (unpaired) electrons. The second kappa shape index (κ2) is 5.44. The Balaban J connectivity index is 0.000000217. The standard InChI is InChI=1S/C5H11NO.H2O4S/c7-5-3-1-2-4-6-5;1-5(2,3)4/h5-7H,1-4H2;(H2,1,2,3,4). The minimum atomic E-state index is -4.67. The van der Waals surface area contributed by atoms with Gasteiger partial charge in [-0.1, -0.05) is 0 Å². The van der Waals surface area contributed by atoms with Crippen molar-refractivity contribution in [3.8, 4) is 0 Å². The van der Waals surface area contributed by atoms with Crippen LogP contribution in [0.25, 0.3) is 0 Å². The Morgan fingerprint density at radius 3 is 1.92 bits per heavy atom. The van der Waals surface area contributed by atoms with E-state index in [9.17, 15) is 0 Å². The van der Waals surface area contributed by atoms with Crippen molar-refractivity contribution >= 4 is 10.4 Å². The van der Waals surface area contributed by atoms with E-state index >= 15 is 0 Å². The predicted molar refractivity (Wildman–Crippen MR) is 42.0 cm³/mol.